The third kappa shape index (κ3) is 5.24. The van der Waals surface area contributed by atoms with Gasteiger partial charge >= 0.3 is 0 Å². The van der Waals surface area contributed by atoms with E-state index in [4.69, 9.17) is 0 Å². The van der Waals surface area contributed by atoms with Crippen LogP contribution in [0.2, 0.25) is 0 Å². The summed E-state index contributed by atoms with van der Waals surface area (Å²) in [5.74, 6) is 0.260. The zero-order valence-electron chi connectivity index (χ0n) is 13.7. The Balaban J connectivity index is 1.70. The van der Waals surface area contributed by atoms with Crippen LogP contribution in [0.15, 0.2) is 0 Å². The minimum atomic E-state index is 0.127. The Labute approximate surface area is 129 Å². The molecular weight excluding hydrogens is 264 g/mol. The molecule has 5 nitrogen and oxygen atoms in total. The number of rotatable bonds is 7. The predicted octanol–water partition coefficient (Wildman–Crippen LogP) is 0.661. The number of unbranched alkanes of at least 4 members (excludes halogenated alkanes) is 1. The summed E-state index contributed by atoms with van der Waals surface area (Å²) in [7, 11) is 4.18. The maximum Gasteiger partial charge on any atom is 0.237 e. The number of carbonyl (C=O) groups is 1. The summed E-state index contributed by atoms with van der Waals surface area (Å²) in [5.41, 5.74) is 0. The molecule has 0 aliphatic carbocycles. The highest BCUT2D eigenvalue weighted by molar-refractivity contribution is 5.82. The fourth-order valence-electron chi connectivity index (χ4n) is 3.53. The summed E-state index contributed by atoms with van der Waals surface area (Å²) in [4.78, 5) is 17.1. The van der Waals surface area contributed by atoms with Crippen molar-refractivity contribution >= 4 is 5.91 Å². The lowest BCUT2D eigenvalue weighted by Gasteiger charge is -2.35. The molecular formula is C16H32N4O. The summed E-state index contributed by atoms with van der Waals surface area (Å²) >= 11 is 0. The normalized spacial score (nSPS) is 24.6. The lowest BCUT2D eigenvalue weighted by Crippen LogP contribution is -2.50. The average Bonchev–Trinajstić information content (AvgIpc) is 2.97. The van der Waals surface area contributed by atoms with Crippen molar-refractivity contribution in [2.75, 3.05) is 46.8 Å². The highest BCUT2D eigenvalue weighted by Gasteiger charge is 2.35. The van der Waals surface area contributed by atoms with E-state index < -0.39 is 0 Å². The van der Waals surface area contributed by atoms with Gasteiger partial charge in [-0.2, -0.15) is 0 Å². The molecule has 1 amide bonds. The number of likely N-dealkylation sites (tertiary alicyclic amines) is 1. The first kappa shape index (κ1) is 16.7. The molecule has 1 atom stereocenters. The van der Waals surface area contributed by atoms with Gasteiger partial charge in [-0.25, -0.2) is 0 Å². The third-order valence-corrected chi connectivity index (χ3v) is 4.71. The van der Waals surface area contributed by atoms with Gasteiger partial charge in [-0.15, -0.1) is 0 Å². The van der Waals surface area contributed by atoms with Crippen LogP contribution < -0.4 is 10.6 Å². The fraction of sp³-hybridized carbons (Fsp3) is 0.938. The smallest absolute Gasteiger partial charge is 0.237 e. The molecule has 2 N–H and O–H groups in total. The molecule has 0 spiro atoms. The SMILES string of the molecule is CN(C)CCCCNC(=O)C1CCCN1C1CCNCC1. The van der Waals surface area contributed by atoms with Crippen LogP contribution in [-0.4, -0.2) is 74.6 Å². The molecule has 1 unspecified atom stereocenters. The molecule has 2 heterocycles. The van der Waals surface area contributed by atoms with Crippen LogP contribution in [0.5, 0.6) is 0 Å². The number of hydrogen-bond donors (Lipinski definition) is 2. The van der Waals surface area contributed by atoms with Gasteiger partial charge in [0.1, 0.15) is 0 Å². The maximum atomic E-state index is 12.4. The highest BCUT2D eigenvalue weighted by Crippen LogP contribution is 2.24. The van der Waals surface area contributed by atoms with E-state index in [1.165, 1.54) is 19.3 Å². The van der Waals surface area contributed by atoms with E-state index in [9.17, 15) is 4.79 Å². The number of piperidine rings is 1. The maximum absolute atomic E-state index is 12.4. The van der Waals surface area contributed by atoms with Crippen LogP contribution >= 0.6 is 0 Å². The van der Waals surface area contributed by atoms with Crippen molar-refractivity contribution in [2.45, 2.75) is 50.6 Å². The first-order valence-corrected chi connectivity index (χ1v) is 8.57. The van der Waals surface area contributed by atoms with Crippen molar-refractivity contribution in [3.63, 3.8) is 0 Å². The van der Waals surface area contributed by atoms with Crippen LogP contribution in [0, 0.1) is 0 Å². The lowest BCUT2D eigenvalue weighted by molar-refractivity contribution is -0.126. The Morgan fingerprint density at radius 3 is 2.71 bits per heavy atom. The molecule has 0 bridgehead atoms. The second-order valence-corrected chi connectivity index (χ2v) is 6.68. The average molecular weight is 296 g/mol. The van der Waals surface area contributed by atoms with E-state index in [1.54, 1.807) is 0 Å². The minimum Gasteiger partial charge on any atom is -0.355 e. The minimum absolute atomic E-state index is 0.127. The van der Waals surface area contributed by atoms with Crippen LogP contribution in [0.25, 0.3) is 0 Å². The Kier molecular flexibility index (Phi) is 6.93. The van der Waals surface area contributed by atoms with E-state index in [0.29, 0.717) is 6.04 Å². The van der Waals surface area contributed by atoms with Crippen LogP contribution in [0.1, 0.15) is 38.5 Å². The quantitative estimate of drug-likeness (QED) is 0.678. The molecule has 0 saturated carbocycles. The largest absolute Gasteiger partial charge is 0.355 e. The van der Waals surface area contributed by atoms with Gasteiger partial charge in [0.25, 0.3) is 0 Å². The summed E-state index contributed by atoms with van der Waals surface area (Å²) in [5, 5.41) is 6.56. The second-order valence-electron chi connectivity index (χ2n) is 6.68. The van der Waals surface area contributed by atoms with Crippen molar-refractivity contribution in [1.29, 1.82) is 0 Å². The monoisotopic (exact) mass is 296 g/mol. The Morgan fingerprint density at radius 1 is 1.24 bits per heavy atom. The summed E-state index contributed by atoms with van der Waals surface area (Å²) < 4.78 is 0. The third-order valence-electron chi connectivity index (χ3n) is 4.71. The summed E-state index contributed by atoms with van der Waals surface area (Å²) in [6.07, 6.45) is 6.80. The molecule has 21 heavy (non-hydrogen) atoms. The summed E-state index contributed by atoms with van der Waals surface area (Å²) in [6, 6.07) is 0.736. The molecule has 0 radical (unpaired) electrons. The molecule has 5 heteroatoms. The molecule has 0 aromatic rings. The Morgan fingerprint density at radius 2 is 2.00 bits per heavy atom. The van der Waals surface area contributed by atoms with Gasteiger partial charge in [0.05, 0.1) is 6.04 Å². The fourth-order valence-corrected chi connectivity index (χ4v) is 3.53. The number of hydrogen-bond acceptors (Lipinski definition) is 4. The molecule has 0 aromatic heterocycles. The van der Waals surface area contributed by atoms with E-state index in [1.807, 2.05) is 0 Å². The first-order valence-electron chi connectivity index (χ1n) is 8.57. The van der Waals surface area contributed by atoms with Crippen molar-refractivity contribution in [2.24, 2.45) is 0 Å². The van der Waals surface area contributed by atoms with Gasteiger partial charge in [-0.3, -0.25) is 9.69 Å². The Hall–Kier alpha value is -0.650. The first-order chi connectivity index (χ1) is 10.2. The van der Waals surface area contributed by atoms with Crippen LogP contribution in [0.4, 0.5) is 0 Å². The topological polar surface area (TPSA) is 47.6 Å². The zero-order valence-corrected chi connectivity index (χ0v) is 13.7. The van der Waals surface area contributed by atoms with Gasteiger partial charge in [-0.05, 0) is 78.8 Å². The van der Waals surface area contributed by atoms with Crippen molar-refractivity contribution < 1.29 is 4.79 Å². The zero-order chi connectivity index (χ0) is 15.1. The van der Waals surface area contributed by atoms with Gasteiger partial charge in [0, 0.05) is 12.6 Å². The predicted molar refractivity (Wildman–Crippen MR) is 86.4 cm³/mol. The standard InChI is InChI=1S/C16H32N4O/c1-19(2)12-4-3-9-18-16(21)15-6-5-13-20(15)14-7-10-17-11-8-14/h14-15,17H,3-13H2,1-2H3,(H,18,21). The summed E-state index contributed by atoms with van der Waals surface area (Å²) in [6.45, 7) is 5.22. The molecule has 2 aliphatic heterocycles. The van der Waals surface area contributed by atoms with E-state index in [2.05, 4.69) is 34.5 Å². The van der Waals surface area contributed by atoms with Gasteiger partial charge in [0.2, 0.25) is 5.91 Å². The highest BCUT2D eigenvalue weighted by atomic mass is 16.2. The van der Waals surface area contributed by atoms with Crippen LogP contribution in [0.3, 0.4) is 0 Å². The van der Waals surface area contributed by atoms with Gasteiger partial charge < -0.3 is 15.5 Å². The van der Waals surface area contributed by atoms with E-state index >= 15 is 0 Å². The molecule has 2 saturated heterocycles. The van der Waals surface area contributed by atoms with Crippen molar-refractivity contribution in [3.05, 3.63) is 0 Å². The molecule has 0 aromatic carbocycles. The molecule has 2 aliphatic rings. The molecule has 2 fully saturated rings. The molecule has 2 rings (SSSR count). The second kappa shape index (κ2) is 8.71. The van der Waals surface area contributed by atoms with E-state index in [0.717, 1.165) is 52.0 Å². The number of carbonyl (C=O) groups excluding carboxylic acids is 1. The molecule has 122 valence electrons. The van der Waals surface area contributed by atoms with Crippen LogP contribution in [-0.2, 0) is 4.79 Å². The number of nitrogens with zero attached hydrogens (tertiary/aromatic N) is 2. The van der Waals surface area contributed by atoms with Gasteiger partial charge in [0.15, 0.2) is 0 Å². The van der Waals surface area contributed by atoms with Crippen molar-refractivity contribution in [3.8, 4) is 0 Å². The van der Waals surface area contributed by atoms with Gasteiger partial charge in [-0.1, -0.05) is 0 Å². The van der Waals surface area contributed by atoms with E-state index in [-0.39, 0.29) is 11.9 Å². The Bertz CT molecular complexity index is 315. The lowest BCUT2D eigenvalue weighted by atomic mass is 10.0. The van der Waals surface area contributed by atoms with Crippen molar-refractivity contribution in [1.82, 2.24) is 20.4 Å². The number of amides is 1. The number of nitrogens with one attached hydrogen (secondary N) is 2.